The van der Waals surface area contributed by atoms with E-state index in [0.29, 0.717) is 0 Å². The topological polar surface area (TPSA) is 81.3 Å². The van der Waals surface area contributed by atoms with Crippen LogP contribution in [0.25, 0.3) is 0 Å². The van der Waals surface area contributed by atoms with E-state index in [0.717, 1.165) is 0 Å². The molecule has 3 nitrogen and oxygen atoms in total. The van der Waals surface area contributed by atoms with E-state index in [1.807, 2.05) is 0 Å². The Bertz CT molecular complexity index is 31.1. The van der Waals surface area contributed by atoms with Crippen LogP contribution in [0.4, 0.5) is 0 Å². The largest absolute Gasteiger partial charge is 0.412 e. The Morgan fingerprint density at radius 3 is 1.60 bits per heavy atom. The van der Waals surface area contributed by atoms with Gasteiger partial charge >= 0.3 is 0 Å². The Morgan fingerprint density at radius 1 is 1.60 bits per heavy atom. The second-order valence-corrected chi connectivity index (χ2v) is 0.129. The quantitative estimate of drug-likeness (QED) is 0.222. The Morgan fingerprint density at radius 2 is 1.60 bits per heavy atom. The van der Waals surface area contributed by atoms with E-state index in [-0.39, 0.29) is 43.2 Å². The van der Waals surface area contributed by atoms with Gasteiger partial charge in [-0.3, -0.25) is 0 Å². The van der Waals surface area contributed by atoms with Crippen LogP contribution < -0.4 is 5.73 Å². The molecule has 0 bridgehead atoms. The summed E-state index contributed by atoms with van der Waals surface area (Å²) in [6.45, 7) is 0. The molecule has 0 aromatic heterocycles. The predicted molar refractivity (Wildman–Crippen MR) is 19.2 cm³/mol. The zero-order valence-corrected chi connectivity index (χ0v) is 4.94. The van der Waals surface area contributed by atoms with Crippen molar-refractivity contribution in [1.29, 1.82) is 5.26 Å². The molecule has 26 valence electrons. The molecule has 0 spiro atoms. The van der Waals surface area contributed by atoms with Gasteiger partial charge in [-0.15, -0.1) is 0 Å². The number of rotatable bonds is 0. The van der Waals surface area contributed by atoms with Crippen LogP contribution >= 0.6 is 0 Å². The number of hydrogen-bond donors (Lipinski definition) is 1. The molecule has 0 rings (SSSR count). The van der Waals surface area contributed by atoms with Crippen LogP contribution in [-0.2, 0) is 0 Å². The van der Waals surface area contributed by atoms with Crippen molar-refractivity contribution in [2.24, 2.45) is 5.73 Å². The van der Waals surface area contributed by atoms with Crippen LogP contribution in [0.1, 0.15) is 0 Å². The van der Waals surface area contributed by atoms with E-state index < -0.39 is 0 Å². The summed E-state index contributed by atoms with van der Waals surface area (Å²) in [5.41, 5.74) is 4.15. The van der Waals surface area contributed by atoms with E-state index in [9.17, 15) is 0 Å². The SMILES string of the molecule is N#CN.O.[Ca]. The first-order chi connectivity index (χ1) is 1.41. The van der Waals surface area contributed by atoms with Crippen molar-refractivity contribution in [3.05, 3.63) is 0 Å². The molecule has 4 heteroatoms. The van der Waals surface area contributed by atoms with E-state index in [2.05, 4.69) is 5.73 Å². The average molecular weight is 100 g/mol. The fraction of sp³-hybridized carbons (Fsp3) is 0. The zero-order chi connectivity index (χ0) is 2.71. The number of hydrogen-bond acceptors (Lipinski definition) is 2. The maximum atomic E-state index is 7.10. The van der Waals surface area contributed by atoms with E-state index in [4.69, 9.17) is 5.26 Å². The summed E-state index contributed by atoms with van der Waals surface area (Å²) in [5.74, 6) is 0. The van der Waals surface area contributed by atoms with Crippen molar-refractivity contribution in [2.45, 2.75) is 0 Å². The van der Waals surface area contributed by atoms with Gasteiger partial charge < -0.3 is 11.2 Å². The first-order valence-electron chi connectivity index (χ1n) is 0.512. The fourth-order valence-corrected chi connectivity index (χ4v) is 0. The molecule has 0 amide bonds. The van der Waals surface area contributed by atoms with Crippen LogP contribution in [-0.4, -0.2) is 43.2 Å². The molecule has 0 aromatic carbocycles. The van der Waals surface area contributed by atoms with Crippen LogP contribution in [0.3, 0.4) is 0 Å². The second kappa shape index (κ2) is 24.4. The summed E-state index contributed by atoms with van der Waals surface area (Å²) in [4.78, 5) is 0. The Balaban J connectivity index is -0.0000000200. The minimum Gasteiger partial charge on any atom is -0.412 e. The molecule has 0 aliphatic carbocycles. The van der Waals surface area contributed by atoms with Gasteiger partial charge in [-0.1, -0.05) is 0 Å². The summed E-state index contributed by atoms with van der Waals surface area (Å²) in [5, 5.41) is 7.10. The molecular weight excluding hydrogens is 96.1 g/mol. The van der Waals surface area contributed by atoms with E-state index >= 15 is 0 Å². The van der Waals surface area contributed by atoms with E-state index in [1.165, 1.54) is 6.19 Å². The van der Waals surface area contributed by atoms with Crippen LogP contribution in [0.2, 0.25) is 0 Å². The molecule has 0 unspecified atom stereocenters. The predicted octanol–water partition coefficient (Wildman–Crippen LogP) is -1.78. The van der Waals surface area contributed by atoms with Crippen molar-refractivity contribution >= 4 is 37.7 Å². The third-order valence-corrected chi connectivity index (χ3v) is 0. The summed E-state index contributed by atoms with van der Waals surface area (Å²) >= 11 is 0. The number of nitriles is 1. The minimum atomic E-state index is 0. The molecule has 4 N–H and O–H groups in total. The van der Waals surface area contributed by atoms with Crippen LogP contribution in [0.5, 0.6) is 0 Å². The van der Waals surface area contributed by atoms with Crippen molar-refractivity contribution in [3.63, 3.8) is 0 Å². The fourth-order valence-electron chi connectivity index (χ4n) is 0. The summed E-state index contributed by atoms with van der Waals surface area (Å²) in [6.07, 6.45) is 1.25. The normalized spacial score (nSPS) is 1.40. The minimum absolute atomic E-state index is 0. The zero-order valence-electron chi connectivity index (χ0n) is 2.73. The Hall–Kier alpha value is 0.510. The summed E-state index contributed by atoms with van der Waals surface area (Å²) in [6, 6.07) is 0. The number of nitrogens with two attached hydrogens (primary N) is 1. The third-order valence-electron chi connectivity index (χ3n) is 0. The van der Waals surface area contributed by atoms with Crippen molar-refractivity contribution in [2.75, 3.05) is 0 Å². The number of nitrogens with zero attached hydrogens (tertiary/aromatic N) is 1. The molecule has 0 aliphatic rings. The van der Waals surface area contributed by atoms with Gasteiger partial charge in [-0.25, -0.2) is 0 Å². The third kappa shape index (κ3) is 109. The molecule has 0 aliphatic heterocycles. The monoisotopic (exact) mass is 100.0 g/mol. The van der Waals surface area contributed by atoms with Crippen molar-refractivity contribution < 1.29 is 5.48 Å². The van der Waals surface area contributed by atoms with Crippen LogP contribution in [0.15, 0.2) is 0 Å². The molecule has 0 atom stereocenters. The summed E-state index contributed by atoms with van der Waals surface area (Å²) < 4.78 is 0. The van der Waals surface area contributed by atoms with Gasteiger partial charge in [0.2, 0.25) is 0 Å². The second-order valence-electron chi connectivity index (χ2n) is 0.129. The molecular formula is CH4CaN2O. The maximum absolute atomic E-state index is 7.10. The van der Waals surface area contributed by atoms with Gasteiger partial charge in [0, 0.05) is 37.7 Å². The molecule has 2 radical (unpaired) electrons. The van der Waals surface area contributed by atoms with Crippen molar-refractivity contribution in [3.8, 4) is 6.19 Å². The summed E-state index contributed by atoms with van der Waals surface area (Å²) in [7, 11) is 0. The molecule has 0 fully saturated rings. The first kappa shape index (κ1) is 17.8. The maximum Gasteiger partial charge on any atom is 0.173 e. The van der Waals surface area contributed by atoms with Crippen molar-refractivity contribution in [1.82, 2.24) is 0 Å². The van der Waals surface area contributed by atoms with Gasteiger partial charge in [-0.2, -0.15) is 5.26 Å². The molecule has 0 saturated carbocycles. The molecule has 5 heavy (non-hydrogen) atoms. The average Bonchev–Trinajstić information content (AvgIpc) is 0.918. The van der Waals surface area contributed by atoms with Gasteiger partial charge in [0.05, 0.1) is 0 Å². The van der Waals surface area contributed by atoms with Gasteiger partial charge in [0.25, 0.3) is 0 Å². The smallest absolute Gasteiger partial charge is 0.173 e. The van der Waals surface area contributed by atoms with Gasteiger partial charge in [0.15, 0.2) is 6.19 Å². The van der Waals surface area contributed by atoms with E-state index in [1.54, 1.807) is 0 Å². The molecule has 0 heterocycles. The van der Waals surface area contributed by atoms with Gasteiger partial charge in [-0.05, 0) is 0 Å². The molecule has 0 aromatic rings. The van der Waals surface area contributed by atoms with Crippen LogP contribution in [0, 0.1) is 11.5 Å². The Kier molecular flexibility index (Phi) is 86.7. The Labute approximate surface area is 60.1 Å². The molecule has 0 saturated heterocycles. The first-order valence-corrected chi connectivity index (χ1v) is 0.512. The van der Waals surface area contributed by atoms with Gasteiger partial charge in [0.1, 0.15) is 0 Å². The standard InChI is InChI=1S/CH2N2.Ca.H2O/c2-1-3;;/h2H2;;1H2.